The Hall–Kier alpha value is -3.74. The number of carbonyl (C=O) groups is 1. The maximum absolute atomic E-state index is 12.1. The number of hydrogen-bond acceptors (Lipinski definition) is 5. The highest BCUT2D eigenvalue weighted by Crippen LogP contribution is 2.24. The molecular formula is C19H15N5O2. The molecule has 2 aromatic carbocycles. The lowest BCUT2D eigenvalue weighted by Gasteiger charge is -2.05. The number of aryl methyl sites for hydroxylation is 1. The minimum atomic E-state index is -0.387. The van der Waals surface area contributed by atoms with Crippen molar-refractivity contribution in [3.8, 4) is 5.75 Å². The van der Waals surface area contributed by atoms with E-state index in [4.69, 9.17) is 0 Å². The fourth-order valence-corrected chi connectivity index (χ4v) is 2.68. The predicted molar refractivity (Wildman–Crippen MR) is 98.8 cm³/mol. The van der Waals surface area contributed by atoms with E-state index in [1.165, 1.54) is 12.2 Å². The summed E-state index contributed by atoms with van der Waals surface area (Å²) < 4.78 is 1.58. The molecule has 2 N–H and O–H groups in total. The number of fused-ring (bicyclic) bond motifs is 3. The first-order valence-corrected chi connectivity index (χ1v) is 8.00. The molecule has 26 heavy (non-hydrogen) atoms. The van der Waals surface area contributed by atoms with Crippen LogP contribution in [0.4, 0.5) is 5.69 Å². The minimum absolute atomic E-state index is 0.0211. The highest BCUT2D eigenvalue weighted by molar-refractivity contribution is 6.02. The van der Waals surface area contributed by atoms with E-state index in [2.05, 4.69) is 20.6 Å². The summed E-state index contributed by atoms with van der Waals surface area (Å²) in [5.74, 6) is 0.0727. The molecule has 0 aliphatic heterocycles. The van der Waals surface area contributed by atoms with Gasteiger partial charge in [-0.25, -0.2) is 0 Å². The number of phenols is 1. The number of hydrogen-bond donors (Lipinski definition) is 2. The first-order valence-electron chi connectivity index (χ1n) is 8.00. The Morgan fingerprint density at radius 3 is 2.88 bits per heavy atom. The van der Waals surface area contributed by atoms with Crippen LogP contribution in [-0.4, -0.2) is 30.8 Å². The molecule has 1 amide bonds. The van der Waals surface area contributed by atoms with Gasteiger partial charge in [-0.05, 0) is 30.7 Å². The smallest absolute Gasteiger partial charge is 0.248 e. The predicted octanol–water partition coefficient (Wildman–Crippen LogP) is 2.94. The second-order valence-corrected chi connectivity index (χ2v) is 5.87. The van der Waals surface area contributed by atoms with Crippen LogP contribution in [0.3, 0.4) is 0 Å². The number of aromatic hydroxyl groups is 1. The van der Waals surface area contributed by atoms with Crippen LogP contribution in [0, 0.1) is 6.92 Å². The number of nitrogens with one attached hydrogen (secondary N) is 1. The molecule has 0 spiro atoms. The SMILES string of the molecule is Cc1ccc(NC(=O)/C=C/c2nnc3c4ccccc4cnn23)c(O)c1. The number of phenolic OH excluding ortho intramolecular Hbond substituents is 1. The first-order chi connectivity index (χ1) is 12.6. The normalized spacial score (nSPS) is 11.4. The fourth-order valence-electron chi connectivity index (χ4n) is 2.68. The summed E-state index contributed by atoms with van der Waals surface area (Å²) >= 11 is 0. The second kappa shape index (κ2) is 6.29. The number of rotatable bonds is 3. The third kappa shape index (κ3) is 2.86. The van der Waals surface area contributed by atoms with Crippen LogP contribution >= 0.6 is 0 Å². The zero-order valence-corrected chi connectivity index (χ0v) is 13.9. The Morgan fingerprint density at radius 1 is 1.19 bits per heavy atom. The maximum atomic E-state index is 12.1. The zero-order chi connectivity index (χ0) is 18.1. The van der Waals surface area contributed by atoms with Crippen LogP contribution in [0.5, 0.6) is 5.75 Å². The molecule has 0 fully saturated rings. The van der Waals surface area contributed by atoms with E-state index in [0.717, 1.165) is 16.3 Å². The highest BCUT2D eigenvalue weighted by atomic mass is 16.3. The van der Waals surface area contributed by atoms with E-state index in [0.29, 0.717) is 17.2 Å². The topological polar surface area (TPSA) is 92.4 Å². The number of anilines is 1. The summed E-state index contributed by atoms with van der Waals surface area (Å²) in [6, 6.07) is 12.8. The van der Waals surface area contributed by atoms with Crippen molar-refractivity contribution in [2.45, 2.75) is 6.92 Å². The summed E-state index contributed by atoms with van der Waals surface area (Å²) in [6.07, 6.45) is 4.59. The summed E-state index contributed by atoms with van der Waals surface area (Å²) in [5, 5.41) is 27.0. The van der Waals surface area contributed by atoms with Crippen LogP contribution in [0.15, 0.2) is 54.7 Å². The van der Waals surface area contributed by atoms with Crippen LogP contribution < -0.4 is 5.32 Å². The lowest BCUT2D eigenvalue weighted by Crippen LogP contribution is -2.08. The van der Waals surface area contributed by atoms with E-state index in [1.54, 1.807) is 28.9 Å². The molecule has 4 rings (SSSR count). The molecule has 2 heterocycles. The van der Waals surface area contributed by atoms with E-state index in [1.807, 2.05) is 31.2 Å². The molecule has 0 aliphatic rings. The van der Waals surface area contributed by atoms with Gasteiger partial charge in [0.15, 0.2) is 11.5 Å². The van der Waals surface area contributed by atoms with Gasteiger partial charge < -0.3 is 10.4 Å². The van der Waals surface area contributed by atoms with E-state index >= 15 is 0 Å². The largest absolute Gasteiger partial charge is 0.506 e. The van der Waals surface area contributed by atoms with Crippen LogP contribution in [-0.2, 0) is 4.79 Å². The maximum Gasteiger partial charge on any atom is 0.248 e. The van der Waals surface area contributed by atoms with Crippen molar-refractivity contribution < 1.29 is 9.90 Å². The fraction of sp³-hybridized carbons (Fsp3) is 0.0526. The Morgan fingerprint density at radius 2 is 2.04 bits per heavy atom. The molecule has 0 radical (unpaired) electrons. The van der Waals surface area contributed by atoms with Gasteiger partial charge in [-0.1, -0.05) is 30.3 Å². The Bertz CT molecular complexity index is 1160. The van der Waals surface area contributed by atoms with Crippen molar-refractivity contribution in [3.63, 3.8) is 0 Å². The molecule has 0 atom stereocenters. The molecular weight excluding hydrogens is 330 g/mol. The number of nitrogens with zero attached hydrogens (tertiary/aromatic N) is 4. The molecule has 4 aromatic rings. The Labute approximate surface area is 148 Å². The summed E-state index contributed by atoms with van der Waals surface area (Å²) in [5.41, 5.74) is 1.88. The van der Waals surface area contributed by atoms with E-state index in [-0.39, 0.29) is 11.7 Å². The van der Waals surface area contributed by atoms with Crippen molar-refractivity contribution in [2.24, 2.45) is 0 Å². The van der Waals surface area contributed by atoms with Gasteiger partial charge in [0.2, 0.25) is 5.91 Å². The Balaban J connectivity index is 1.60. The molecule has 2 aromatic heterocycles. The highest BCUT2D eigenvalue weighted by Gasteiger charge is 2.09. The third-order valence-corrected chi connectivity index (χ3v) is 3.97. The molecule has 0 saturated carbocycles. The average Bonchev–Trinajstić information content (AvgIpc) is 3.06. The van der Waals surface area contributed by atoms with E-state index < -0.39 is 0 Å². The van der Waals surface area contributed by atoms with Crippen molar-refractivity contribution in [3.05, 3.63) is 66.1 Å². The zero-order valence-electron chi connectivity index (χ0n) is 13.9. The van der Waals surface area contributed by atoms with Crippen molar-refractivity contribution >= 4 is 34.1 Å². The molecule has 7 nitrogen and oxygen atoms in total. The van der Waals surface area contributed by atoms with Crippen molar-refractivity contribution in [1.29, 1.82) is 0 Å². The monoisotopic (exact) mass is 345 g/mol. The summed E-state index contributed by atoms with van der Waals surface area (Å²) in [4.78, 5) is 12.1. The first kappa shape index (κ1) is 15.8. The summed E-state index contributed by atoms with van der Waals surface area (Å²) in [7, 11) is 0. The van der Waals surface area contributed by atoms with Crippen molar-refractivity contribution in [1.82, 2.24) is 19.8 Å². The summed E-state index contributed by atoms with van der Waals surface area (Å²) in [6.45, 7) is 1.86. The number of carbonyl (C=O) groups excluding carboxylic acids is 1. The average molecular weight is 345 g/mol. The minimum Gasteiger partial charge on any atom is -0.506 e. The van der Waals surface area contributed by atoms with Gasteiger partial charge in [-0.3, -0.25) is 4.79 Å². The standard InChI is InChI=1S/C19H15N5O2/c1-12-6-7-15(16(25)10-12)21-18(26)9-8-17-22-23-19-14-5-3-2-4-13(14)11-20-24(17)19/h2-11,25H,1H3,(H,21,26)/b9-8+. The van der Waals surface area contributed by atoms with Crippen LogP contribution in [0.2, 0.25) is 0 Å². The Kier molecular flexibility index (Phi) is 3.81. The molecule has 7 heteroatoms. The van der Waals surface area contributed by atoms with Crippen molar-refractivity contribution in [2.75, 3.05) is 5.32 Å². The lowest BCUT2D eigenvalue weighted by atomic mass is 10.2. The molecule has 128 valence electrons. The molecule has 0 saturated heterocycles. The van der Waals surface area contributed by atoms with Gasteiger partial charge in [0, 0.05) is 16.8 Å². The van der Waals surface area contributed by atoms with Gasteiger partial charge >= 0.3 is 0 Å². The second-order valence-electron chi connectivity index (χ2n) is 5.87. The van der Waals surface area contributed by atoms with Gasteiger partial charge in [-0.2, -0.15) is 9.61 Å². The van der Waals surface area contributed by atoms with Crippen LogP contribution in [0.1, 0.15) is 11.4 Å². The third-order valence-electron chi connectivity index (χ3n) is 3.97. The van der Waals surface area contributed by atoms with E-state index in [9.17, 15) is 9.90 Å². The number of benzene rings is 2. The van der Waals surface area contributed by atoms with Gasteiger partial charge in [0.25, 0.3) is 0 Å². The molecule has 0 aliphatic carbocycles. The quantitative estimate of drug-likeness (QED) is 0.440. The number of aromatic nitrogens is 4. The molecule has 0 bridgehead atoms. The lowest BCUT2D eigenvalue weighted by molar-refractivity contribution is -0.111. The number of amides is 1. The van der Waals surface area contributed by atoms with Crippen LogP contribution in [0.25, 0.3) is 22.5 Å². The van der Waals surface area contributed by atoms with Gasteiger partial charge in [0.05, 0.1) is 11.9 Å². The van der Waals surface area contributed by atoms with Gasteiger partial charge in [-0.15, -0.1) is 10.2 Å². The van der Waals surface area contributed by atoms with Gasteiger partial charge in [0.1, 0.15) is 5.75 Å². The molecule has 0 unspecified atom stereocenters.